The lowest BCUT2D eigenvalue weighted by atomic mass is 9.83. The molecule has 0 aromatic heterocycles. The van der Waals surface area contributed by atoms with Crippen molar-refractivity contribution in [2.45, 2.75) is 30.2 Å². The first-order valence-corrected chi connectivity index (χ1v) is 7.68. The van der Waals surface area contributed by atoms with Gasteiger partial charge in [0.25, 0.3) is 0 Å². The van der Waals surface area contributed by atoms with Crippen LogP contribution in [0.1, 0.15) is 12.8 Å². The summed E-state index contributed by atoms with van der Waals surface area (Å²) in [5, 5.41) is 9.11. The van der Waals surface area contributed by atoms with Crippen molar-refractivity contribution < 1.29 is 31.4 Å². The number of benzene rings is 1. The zero-order valence-electron chi connectivity index (χ0n) is 10.8. The number of ether oxygens (including phenoxy) is 1. The minimum Gasteiger partial charge on any atom is -0.404 e. The van der Waals surface area contributed by atoms with Gasteiger partial charge in [-0.2, -0.15) is 0 Å². The third-order valence-electron chi connectivity index (χ3n) is 3.14. The Kier molecular flexibility index (Phi) is 4.45. The molecule has 0 saturated heterocycles. The Bertz CT molecular complexity index is 597. The van der Waals surface area contributed by atoms with Crippen LogP contribution in [-0.4, -0.2) is 32.5 Å². The fraction of sp³-hybridized carbons (Fsp3) is 0.500. The number of rotatable bonds is 5. The predicted octanol–water partition coefficient (Wildman–Crippen LogP) is 1.63. The van der Waals surface area contributed by atoms with Gasteiger partial charge in [0, 0.05) is 6.54 Å². The molecule has 9 heteroatoms. The number of nitrogens with one attached hydrogen (secondary N) is 1. The van der Waals surface area contributed by atoms with Gasteiger partial charge in [0.05, 0.1) is 6.10 Å². The third-order valence-corrected chi connectivity index (χ3v) is 4.60. The maximum Gasteiger partial charge on any atom is 0.573 e. The van der Waals surface area contributed by atoms with E-state index in [1.807, 2.05) is 0 Å². The summed E-state index contributed by atoms with van der Waals surface area (Å²) in [4.78, 5) is -0.567. The molecular formula is C12H14F3NO4S. The van der Waals surface area contributed by atoms with Crippen LogP contribution in [0.2, 0.25) is 0 Å². The van der Waals surface area contributed by atoms with Crippen LogP contribution in [-0.2, 0) is 10.0 Å². The Morgan fingerprint density at radius 2 is 1.90 bits per heavy atom. The summed E-state index contributed by atoms with van der Waals surface area (Å²) in [7, 11) is -4.11. The molecule has 0 radical (unpaired) electrons. The highest BCUT2D eigenvalue weighted by Gasteiger charge is 2.34. The standard InChI is InChI=1S/C12H14F3NO4S/c13-12(14,15)20-10-3-1-2-4-11(10)21(18,19)16-7-8-5-9(17)6-8/h1-4,8-9,16-17H,5-7H2. The van der Waals surface area contributed by atoms with Crippen LogP contribution in [0.3, 0.4) is 0 Å². The maximum atomic E-state index is 12.3. The summed E-state index contributed by atoms with van der Waals surface area (Å²) in [5.74, 6) is -0.781. The lowest BCUT2D eigenvalue weighted by Crippen LogP contribution is -2.38. The first kappa shape index (κ1) is 16.1. The predicted molar refractivity (Wildman–Crippen MR) is 67.0 cm³/mol. The van der Waals surface area contributed by atoms with Gasteiger partial charge in [-0.15, -0.1) is 13.2 Å². The Balaban J connectivity index is 2.12. The number of alkyl halides is 3. The summed E-state index contributed by atoms with van der Waals surface area (Å²) in [6.45, 7) is 0.0692. The summed E-state index contributed by atoms with van der Waals surface area (Å²) >= 11 is 0. The number of para-hydroxylation sites is 1. The second kappa shape index (κ2) is 5.82. The molecule has 1 aromatic rings. The molecular weight excluding hydrogens is 311 g/mol. The first-order chi connectivity index (χ1) is 9.67. The molecule has 21 heavy (non-hydrogen) atoms. The molecule has 2 N–H and O–H groups in total. The van der Waals surface area contributed by atoms with E-state index in [1.165, 1.54) is 12.1 Å². The van der Waals surface area contributed by atoms with Gasteiger partial charge >= 0.3 is 6.36 Å². The summed E-state index contributed by atoms with van der Waals surface area (Å²) in [5.41, 5.74) is 0. The molecule has 0 unspecified atom stereocenters. The SMILES string of the molecule is O=S(=O)(NCC1CC(O)C1)c1ccccc1OC(F)(F)F. The highest BCUT2D eigenvalue weighted by molar-refractivity contribution is 7.89. The average Bonchev–Trinajstić information content (AvgIpc) is 2.32. The minimum absolute atomic E-state index is 0.00882. The third kappa shape index (κ3) is 4.32. The summed E-state index contributed by atoms with van der Waals surface area (Å²) in [6, 6.07) is 4.54. The van der Waals surface area contributed by atoms with Crippen LogP contribution in [0.5, 0.6) is 5.75 Å². The van der Waals surface area contributed by atoms with Crippen LogP contribution in [0.25, 0.3) is 0 Å². The van der Waals surface area contributed by atoms with E-state index >= 15 is 0 Å². The second-order valence-electron chi connectivity index (χ2n) is 4.84. The molecule has 0 atom stereocenters. The van der Waals surface area contributed by atoms with Crippen molar-refractivity contribution in [3.63, 3.8) is 0 Å². The van der Waals surface area contributed by atoms with Gasteiger partial charge in [-0.1, -0.05) is 12.1 Å². The van der Waals surface area contributed by atoms with Crippen molar-refractivity contribution in [2.75, 3.05) is 6.54 Å². The molecule has 1 aromatic carbocycles. The van der Waals surface area contributed by atoms with E-state index in [0.29, 0.717) is 12.8 Å². The molecule has 0 spiro atoms. The highest BCUT2D eigenvalue weighted by Crippen LogP contribution is 2.30. The highest BCUT2D eigenvalue weighted by atomic mass is 32.2. The Morgan fingerprint density at radius 3 is 2.48 bits per heavy atom. The molecule has 2 rings (SSSR count). The smallest absolute Gasteiger partial charge is 0.404 e. The molecule has 0 aliphatic heterocycles. The van der Waals surface area contributed by atoms with E-state index in [0.717, 1.165) is 12.1 Å². The Morgan fingerprint density at radius 1 is 1.29 bits per heavy atom. The molecule has 1 aliphatic rings. The van der Waals surface area contributed by atoms with E-state index in [2.05, 4.69) is 9.46 Å². The monoisotopic (exact) mass is 325 g/mol. The van der Waals surface area contributed by atoms with Crippen molar-refractivity contribution in [1.29, 1.82) is 0 Å². The van der Waals surface area contributed by atoms with Gasteiger partial charge in [0.1, 0.15) is 10.6 Å². The second-order valence-corrected chi connectivity index (χ2v) is 6.57. The minimum atomic E-state index is -4.97. The van der Waals surface area contributed by atoms with Crippen LogP contribution < -0.4 is 9.46 Å². The largest absolute Gasteiger partial charge is 0.573 e. The van der Waals surface area contributed by atoms with Crippen LogP contribution in [0.4, 0.5) is 13.2 Å². The van der Waals surface area contributed by atoms with Gasteiger partial charge in [0.2, 0.25) is 10.0 Å². The van der Waals surface area contributed by atoms with Crippen molar-refractivity contribution in [2.24, 2.45) is 5.92 Å². The van der Waals surface area contributed by atoms with Gasteiger partial charge < -0.3 is 9.84 Å². The number of sulfonamides is 1. The number of aliphatic hydroxyl groups excluding tert-OH is 1. The fourth-order valence-electron chi connectivity index (χ4n) is 2.05. The summed E-state index contributed by atoms with van der Waals surface area (Å²) in [6.07, 6.45) is -4.45. The first-order valence-electron chi connectivity index (χ1n) is 6.20. The average molecular weight is 325 g/mol. The number of hydrogen-bond donors (Lipinski definition) is 2. The molecule has 1 aliphatic carbocycles. The fourth-order valence-corrected chi connectivity index (χ4v) is 3.30. The van der Waals surface area contributed by atoms with Crippen molar-refractivity contribution in [3.05, 3.63) is 24.3 Å². The van der Waals surface area contributed by atoms with E-state index < -0.39 is 33.1 Å². The molecule has 118 valence electrons. The summed E-state index contributed by atoms with van der Waals surface area (Å²) < 4.78 is 66.8. The van der Waals surface area contributed by atoms with Crippen LogP contribution in [0, 0.1) is 5.92 Å². The number of halogens is 3. The van der Waals surface area contributed by atoms with Crippen molar-refractivity contribution in [3.8, 4) is 5.75 Å². The van der Waals surface area contributed by atoms with E-state index in [-0.39, 0.29) is 12.5 Å². The molecule has 0 heterocycles. The number of hydrogen-bond acceptors (Lipinski definition) is 4. The number of aliphatic hydroxyl groups is 1. The van der Waals surface area contributed by atoms with Crippen LogP contribution >= 0.6 is 0 Å². The Hall–Kier alpha value is -1.32. The van der Waals surface area contributed by atoms with Crippen molar-refractivity contribution in [1.82, 2.24) is 4.72 Å². The molecule has 1 saturated carbocycles. The molecule has 5 nitrogen and oxygen atoms in total. The normalized spacial score (nSPS) is 22.7. The lowest BCUT2D eigenvalue weighted by molar-refractivity contribution is -0.275. The quantitative estimate of drug-likeness (QED) is 0.863. The van der Waals surface area contributed by atoms with E-state index in [9.17, 15) is 21.6 Å². The zero-order valence-corrected chi connectivity index (χ0v) is 11.6. The van der Waals surface area contributed by atoms with E-state index in [4.69, 9.17) is 5.11 Å². The lowest BCUT2D eigenvalue weighted by Gasteiger charge is -2.31. The van der Waals surface area contributed by atoms with Gasteiger partial charge in [-0.3, -0.25) is 0 Å². The Labute approximate surface area is 119 Å². The maximum absolute atomic E-state index is 12.3. The van der Waals surface area contributed by atoms with Gasteiger partial charge in [-0.25, -0.2) is 13.1 Å². The van der Waals surface area contributed by atoms with Crippen molar-refractivity contribution >= 4 is 10.0 Å². The molecule has 0 bridgehead atoms. The van der Waals surface area contributed by atoms with Gasteiger partial charge in [0.15, 0.2) is 0 Å². The van der Waals surface area contributed by atoms with Crippen LogP contribution in [0.15, 0.2) is 29.2 Å². The van der Waals surface area contributed by atoms with Gasteiger partial charge in [-0.05, 0) is 30.9 Å². The molecule has 1 fully saturated rings. The van der Waals surface area contributed by atoms with E-state index in [1.54, 1.807) is 0 Å². The molecule has 0 amide bonds. The topological polar surface area (TPSA) is 75.6 Å². The zero-order chi connectivity index (χ0) is 15.7.